The molecule has 1 aliphatic heterocycles. The van der Waals surface area contributed by atoms with Crippen LogP contribution in [0.25, 0.3) is 0 Å². The molecule has 1 aromatic rings. The largest absolute Gasteiger partial charge is 0.496 e. The minimum absolute atomic E-state index is 0.435. The van der Waals surface area contributed by atoms with Crippen molar-refractivity contribution in [2.45, 2.75) is 31.9 Å². The van der Waals surface area contributed by atoms with Gasteiger partial charge in [0.15, 0.2) is 0 Å². The van der Waals surface area contributed by atoms with Crippen molar-refractivity contribution in [3.05, 3.63) is 29.3 Å². The zero-order valence-corrected chi connectivity index (χ0v) is 10.6. The van der Waals surface area contributed by atoms with Crippen LogP contribution in [-0.4, -0.2) is 25.9 Å². The molecule has 2 nitrogen and oxygen atoms in total. The molecule has 0 bridgehead atoms. The van der Waals surface area contributed by atoms with Gasteiger partial charge in [-0.25, -0.2) is 4.39 Å². The zero-order valence-electron chi connectivity index (χ0n) is 10.6. The lowest BCUT2D eigenvalue weighted by Crippen LogP contribution is -2.43. The van der Waals surface area contributed by atoms with E-state index in [-0.39, 0.29) is 0 Å². The smallest absolute Gasteiger partial charge is 0.127 e. The number of nitrogens with one attached hydrogen (secondary N) is 1. The van der Waals surface area contributed by atoms with Gasteiger partial charge in [-0.15, -0.1) is 0 Å². The van der Waals surface area contributed by atoms with E-state index in [1.54, 1.807) is 7.11 Å². The van der Waals surface area contributed by atoms with E-state index in [2.05, 4.69) is 5.32 Å². The van der Waals surface area contributed by atoms with Crippen LogP contribution in [0.2, 0.25) is 0 Å². The predicted octanol–water partition coefficient (Wildman–Crippen LogP) is 2.64. The number of halogens is 1. The van der Waals surface area contributed by atoms with Gasteiger partial charge >= 0.3 is 0 Å². The van der Waals surface area contributed by atoms with E-state index in [0.717, 1.165) is 29.8 Å². The number of rotatable bonds is 3. The van der Waals surface area contributed by atoms with E-state index in [1.165, 1.54) is 0 Å². The molecule has 17 heavy (non-hydrogen) atoms. The monoisotopic (exact) mass is 237 g/mol. The number of aryl methyl sites for hydroxylation is 1. The van der Waals surface area contributed by atoms with Crippen LogP contribution in [0.15, 0.2) is 18.2 Å². The third-order valence-corrected chi connectivity index (χ3v) is 3.36. The Morgan fingerprint density at radius 2 is 2.29 bits per heavy atom. The molecule has 1 N–H and O–H groups in total. The molecular formula is C14H20FNO. The number of piperidine rings is 1. The Hall–Kier alpha value is -1.09. The lowest BCUT2D eigenvalue weighted by Gasteiger charge is -2.30. The highest BCUT2D eigenvalue weighted by Gasteiger charge is 2.32. The molecule has 1 aliphatic rings. The van der Waals surface area contributed by atoms with E-state index in [1.807, 2.05) is 25.1 Å². The molecule has 1 aromatic carbocycles. The molecule has 0 amide bonds. The highest BCUT2D eigenvalue weighted by Crippen LogP contribution is 2.30. The first-order valence-electron chi connectivity index (χ1n) is 6.16. The van der Waals surface area contributed by atoms with Crippen LogP contribution >= 0.6 is 0 Å². The Kier molecular flexibility index (Phi) is 3.67. The van der Waals surface area contributed by atoms with Crippen LogP contribution in [0.4, 0.5) is 4.39 Å². The standard InChI is InChI=1S/C14H20FNO/c1-11-4-5-13(17-2)12(8-11)9-14(15)6-3-7-16-10-14/h4-5,8,16H,3,6-7,9-10H2,1-2H3. The van der Waals surface area contributed by atoms with Crippen LogP contribution in [0.1, 0.15) is 24.0 Å². The molecule has 0 aromatic heterocycles. The summed E-state index contributed by atoms with van der Waals surface area (Å²) in [4.78, 5) is 0. The van der Waals surface area contributed by atoms with E-state index < -0.39 is 5.67 Å². The topological polar surface area (TPSA) is 21.3 Å². The molecule has 0 saturated carbocycles. The number of hydrogen-bond donors (Lipinski definition) is 1. The maximum atomic E-state index is 14.6. The summed E-state index contributed by atoms with van der Waals surface area (Å²) < 4.78 is 19.9. The number of hydrogen-bond acceptors (Lipinski definition) is 2. The second kappa shape index (κ2) is 5.05. The van der Waals surface area contributed by atoms with Gasteiger partial charge in [0.2, 0.25) is 0 Å². The number of ether oxygens (including phenoxy) is 1. The van der Waals surface area contributed by atoms with Gasteiger partial charge in [0.25, 0.3) is 0 Å². The van der Waals surface area contributed by atoms with Gasteiger partial charge in [0, 0.05) is 13.0 Å². The fourth-order valence-electron chi connectivity index (χ4n) is 2.47. The molecule has 1 atom stereocenters. The molecule has 1 saturated heterocycles. The van der Waals surface area contributed by atoms with Gasteiger partial charge < -0.3 is 10.1 Å². The van der Waals surface area contributed by atoms with Crippen molar-refractivity contribution >= 4 is 0 Å². The van der Waals surface area contributed by atoms with E-state index in [4.69, 9.17) is 4.74 Å². The first kappa shape index (κ1) is 12.4. The third kappa shape index (κ3) is 2.97. The van der Waals surface area contributed by atoms with Crippen molar-refractivity contribution < 1.29 is 9.13 Å². The summed E-state index contributed by atoms with van der Waals surface area (Å²) in [5, 5.41) is 3.13. The van der Waals surface area contributed by atoms with E-state index in [9.17, 15) is 4.39 Å². The van der Waals surface area contributed by atoms with E-state index in [0.29, 0.717) is 19.4 Å². The average Bonchev–Trinajstić information content (AvgIpc) is 2.29. The van der Waals surface area contributed by atoms with Gasteiger partial charge in [-0.05, 0) is 37.9 Å². The molecular weight excluding hydrogens is 217 g/mol. The Morgan fingerprint density at radius 1 is 1.47 bits per heavy atom. The lowest BCUT2D eigenvalue weighted by atomic mass is 9.88. The average molecular weight is 237 g/mol. The Morgan fingerprint density at radius 3 is 2.94 bits per heavy atom. The summed E-state index contributed by atoms with van der Waals surface area (Å²) in [6.07, 6.45) is 1.98. The molecule has 0 radical (unpaired) electrons. The first-order valence-corrected chi connectivity index (χ1v) is 6.16. The summed E-state index contributed by atoms with van der Waals surface area (Å²) in [5.74, 6) is 0.790. The molecule has 1 heterocycles. The number of methoxy groups -OCH3 is 1. The van der Waals surface area contributed by atoms with Crippen molar-refractivity contribution in [1.82, 2.24) is 5.32 Å². The molecule has 2 rings (SSSR count). The Balaban J connectivity index is 2.19. The van der Waals surface area contributed by atoms with Crippen LogP contribution in [0.3, 0.4) is 0 Å². The highest BCUT2D eigenvalue weighted by atomic mass is 19.1. The SMILES string of the molecule is COc1ccc(C)cc1CC1(F)CCCNC1. The molecule has 3 heteroatoms. The van der Waals surface area contributed by atoms with Gasteiger partial charge in [-0.1, -0.05) is 17.7 Å². The molecule has 94 valence electrons. The predicted molar refractivity (Wildman–Crippen MR) is 67.4 cm³/mol. The normalized spacial score (nSPS) is 24.6. The quantitative estimate of drug-likeness (QED) is 0.872. The molecule has 0 aliphatic carbocycles. The zero-order chi connectivity index (χ0) is 12.3. The second-order valence-corrected chi connectivity index (χ2v) is 4.92. The summed E-state index contributed by atoms with van der Waals surface area (Å²) in [6, 6.07) is 5.94. The molecule has 0 spiro atoms. The summed E-state index contributed by atoms with van der Waals surface area (Å²) in [5.41, 5.74) is 0.992. The Labute approximate surface area is 102 Å². The molecule has 1 fully saturated rings. The summed E-state index contributed by atoms with van der Waals surface area (Å²) >= 11 is 0. The second-order valence-electron chi connectivity index (χ2n) is 4.92. The fraction of sp³-hybridized carbons (Fsp3) is 0.571. The Bertz CT molecular complexity index is 386. The van der Waals surface area contributed by atoms with Crippen molar-refractivity contribution in [1.29, 1.82) is 0 Å². The van der Waals surface area contributed by atoms with Crippen LogP contribution in [-0.2, 0) is 6.42 Å². The number of benzene rings is 1. The summed E-state index contributed by atoms with van der Waals surface area (Å²) in [7, 11) is 1.64. The fourth-order valence-corrected chi connectivity index (χ4v) is 2.47. The van der Waals surface area contributed by atoms with Gasteiger partial charge in [0.1, 0.15) is 11.4 Å². The van der Waals surface area contributed by atoms with Crippen LogP contribution < -0.4 is 10.1 Å². The highest BCUT2D eigenvalue weighted by molar-refractivity contribution is 5.38. The van der Waals surface area contributed by atoms with Gasteiger partial charge in [-0.2, -0.15) is 0 Å². The lowest BCUT2D eigenvalue weighted by molar-refractivity contribution is 0.121. The molecule has 1 unspecified atom stereocenters. The maximum absolute atomic E-state index is 14.6. The van der Waals surface area contributed by atoms with Crippen molar-refractivity contribution in [2.75, 3.05) is 20.2 Å². The first-order chi connectivity index (χ1) is 8.13. The van der Waals surface area contributed by atoms with Gasteiger partial charge in [0.05, 0.1) is 7.11 Å². The van der Waals surface area contributed by atoms with Crippen molar-refractivity contribution in [3.63, 3.8) is 0 Å². The maximum Gasteiger partial charge on any atom is 0.127 e. The van der Waals surface area contributed by atoms with Crippen LogP contribution in [0.5, 0.6) is 5.75 Å². The number of alkyl halides is 1. The minimum Gasteiger partial charge on any atom is -0.496 e. The minimum atomic E-state index is -1.13. The van der Waals surface area contributed by atoms with Crippen LogP contribution in [0, 0.1) is 6.92 Å². The van der Waals surface area contributed by atoms with Crippen molar-refractivity contribution in [2.24, 2.45) is 0 Å². The van der Waals surface area contributed by atoms with Crippen molar-refractivity contribution in [3.8, 4) is 5.75 Å². The third-order valence-electron chi connectivity index (χ3n) is 3.36. The van der Waals surface area contributed by atoms with E-state index >= 15 is 0 Å². The summed E-state index contributed by atoms with van der Waals surface area (Å²) in [6.45, 7) is 3.40. The van der Waals surface area contributed by atoms with Gasteiger partial charge in [-0.3, -0.25) is 0 Å².